The molecule has 0 saturated heterocycles. The molecule has 0 amide bonds. The summed E-state index contributed by atoms with van der Waals surface area (Å²) in [7, 11) is 0. The van der Waals surface area contributed by atoms with E-state index >= 15 is 4.39 Å². The molecule has 5 rings (SSSR count). The second-order valence-corrected chi connectivity index (χ2v) is 8.31. The summed E-state index contributed by atoms with van der Waals surface area (Å²) in [6.07, 6.45) is 11.5. The number of aryl methyl sites for hydroxylation is 1. The van der Waals surface area contributed by atoms with E-state index in [9.17, 15) is 10.1 Å². The highest BCUT2D eigenvalue weighted by molar-refractivity contribution is 6.01. The van der Waals surface area contributed by atoms with E-state index < -0.39 is 11.2 Å². The van der Waals surface area contributed by atoms with Crippen molar-refractivity contribution in [2.75, 3.05) is 24.2 Å². The number of halogens is 1. The zero-order valence-electron chi connectivity index (χ0n) is 17.0. The molecular formula is C22H23FN6O2. The lowest BCUT2D eigenvalue weighted by atomic mass is 9.93. The first-order valence-corrected chi connectivity index (χ1v) is 10.5. The highest BCUT2D eigenvalue weighted by Gasteiger charge is 2.42. The normalized spacial score (nSPS) is 16.4. The molecule has 1 fully saturated rings. The summed E-state index contributed by atoms with van der Waals surface area (Å²) in [5, 5.41) is 12.7. The van der Waals surface area contributed by atoms with Crippen molar-refractivity contribution in [2.45, 2.75) is 44.2 Å². The Labute approximate surface area is 178 Å². The fraction of sp³-hybridized carbons (Fsp3) is 0.409. The van der Waals surface area contributed by atoms with Crippen LogP contribution in [0.3, 0.4) is 0 Å². The summed E-state index contributed by atoms with van der Waals surface area (Å²) >= 11 is 0. The molecule has 3 N–H and O–H groups in total. The van der Waals surface area contributed by atoms with Gasteiger partial charge in [0.05, 0.1) is 28.5 Å². The number of hydrogen-bond acceptors (Lipinski definition) is 6. The second kappa shape index (κ2) is 7.30. The van der Waals surface area contributed by atoms with E-state index in [1.807, 2.05) is 21.4 Å². The molecule has 1 aliphatic carbocycles. The van der Waals surface area contributed by atoms with E-state index in [4.69, 9.17) is 10.5 Å². The van der Waals surface area contributed by atoms with Crippen LogP contribution in [-0.2, 0) is 12.1 Å². The topological polar surface area (TPSA) is 111 Å². The van der Waals surface area contributed by atoms with E-state index in [0.717, 1.165) is 38.6 Å². The zero-order valence-corrected chi connectivity index (χ0v) is 17.0. The number of nitrogens with zero attached hydrogens (tertiary/aromatic N) is 4. The average Bonchev–Trinajstić information content (AvgIpc) is 3.46. The Hall–Kier alpha value is -3.54. The maximum atomic E-state index is 15.3. The average molecular weight is 422 g/mol. The minimum atomic E-state index is -0.716. The van der Waals surface area contributed by atoms with Gasteiger partial charge in [0.25, 0.3) is 0 Å². The van der Waals surface area contributed by atoms with Crippen molar-refractivity contribution >= 4 is 22.3 Å². The third kappa shape index (κ3) is 2.93. The number of benzene rings is 1. The Balaban J connectivity index is 1.62. The number of anilines is 2. The summed E-state index contributed by atoms with van der Waals surface area (Å²) in [4.78, 5) is 16.9. The molecule has 0 radical (unpaired) electrons. The second-order valence-electron chi connectivity index (χ2n) is 8.31. The van der Waals surface area contributed by atoms with Gasteiger partial charge in [0.1, 0.15) is 23.9 Å². The van der Waals surface area contributed by atoms with Crippen LogP contribution in [-0.4, -0.2) is 27.3 Å². The number of aromatic nitrogens is 3. The fourth-order valence-electron chi connectivity index (χ4n) is 4.89. The molecule has 1 aromatic carbocycles. The highest BCUT2D eigenvalue weighted by Crippen LogP contribution is 2.48. The van der Waals surface area contributed by atoms with Gasteiger partial charge >= 0.3 is 0 Å². The predicted molar refractivity (Wildman–Crippen MR) is 115 cm³/mol. The van der Waals surface area contributed by atoms with Crippen molar-refractivity contribution in [2.24, 2.45) is 0 Å². The quantitative estimate of drug-likeness (QED) is 0.483. The van der Waals surface area contributed by atoms with Crippen LogP contribution in [0.2, 0.25) is 0 Å². The summed E-state index contributed by atoms with van der Waals surface area (Å²) < 4.78 is 25.3. The van der Waals surface area contributed by atoms with Crippen LogP contribution in [0.4, 0.5) is 15.8 Å². The smallest absolute Gasteiger partial charge is 0.209 e. The fourth-order valence-corrected chi connectivity index (χ4v) is 4.89. The van der Waals surface area contributed by atoms with Gasteiger partial charge in [-0.25, -0.2) is 9.37 Å². The third-order valence-corrected chi connectivity index (χ3v) is 6.48. The van der Waals surface area contributed by atoms with Crippen molar-refractivity contribution < 1.29 is 9.13 Å². The number of nitriles is 1. The Bertz CT molecular complexity index is 1250. The first-order chi connectivity index (χ1) is 15.1. The van der Waals surface area contributed by atoms with Crippen LogP contribution >= 0.6 is 0 Å². The van der Waals surface area contributed by atoms with Crippen molar-refractivity contribution in [3.05, 3.63) is 46.5 Å². The molecule has 8 nitrogen and oxygen atoms in total. The molecular weight excluding hydrogens is 399 g/mol. The van der Waals surface area contributed by atoms with Crippen LogP contribution in [0.15, 0.2) is 29.7 Å². The number of ether oxygens (including phenoxy) is 1. The summed E-state index contributed by atoms with van der Waals surface area (Å²) in [6.45, 7) is 1.59. The maximum Gasteiger partial charge on any atom is 0.209 e. The lowest BCUT2D eigenvalue weighted by Crippen LogP contribution is -2.41. The zero-order chi connectivity index (χ0) is 21.6. The van der Waals surface area contributed by atoms with E-state index in [1.54, 1.807) is 18.7 Å². The van der Waals surface area contributed by atoms with Gasteiger partial charge in [-0.3, -0.25) is 4.79 Å². The number of nitrogens with one attached hydrogen (secondary N) is 1. The van der Waals surface area contributed by atoms with Crippen LogP contribution in [0.1, 0.15) is 37.7 Å². The van der Waals surface area contributed by atoms with Crippen molar-refractivity contribution in [3.8, 4) is 11.8 Å². The predicted octanol–water partition coefficient (Wildman–Crippen LogP) is 2.95. The summed E-state index contributed by atoms with van der Waals surface area (Å²) in [6, 6.07) is 1.95. The number of pyridine rings is 1. The van der Waals surface area contributed by atoms with Crippen LogP contribution in [0.5, 0.6) is 5.75 Å². The Kier molecular flexibility index (Phi) is 4.58. The Morgan fingerprint density at radius 2 is 2.19 bits per heavy atom. The number of fused-ring (bicyclic) bond motifs is 1. The van der Waals surface area contributed by atoms with Gasteiger partial charge in [-0.05, 0) is 19.3 Å². The van der Waals surface area contributed by atoms with Gasteiger partial charge in [0, 0.05) is 31.7 Å². The van der Waals surface area contributed by atoms with Gasteiger partial charge < -0.3 is 24.9 Å². The monoisotopic (exact) mass is 422 g/mol. The van der Waals surface area contributed by atoms with Gasteiger partial charge in [-0.2, -0.15) is 5.26 Å². The van der Waals surface area contributed by atoms with Crippen molar-refractivity contribution in [1.82, 2.24) is 14.1 Å². The standard InChI is InChI=1S/C22H23FN6O2/c23-16-17(25)15-19-21(18(16)27-6-3-8-28-9-7-26-13-28)31-12-22(4-1-2-5-22)29(19)11-14(10-24)20(15)30/h7,9,11,13,27H,1-6,8,12,25H2. The summed E-state index contributed by atoms with van der Waals surface area (Å²) in [5.74, 6) is -0.422. The van der Waals surface area contributed by atoms with E-state index in [1.165, 1.54) is 0 Å². The molecule has 2 aliphatic rings. The highest BCUT2D eigenvalue weighted by atomic mass is 19.1. The lowest BCUT2D eigenvalue weighted by molar-refractivity contribution is 0.143. The molecule has 160 valence electrons. The molecule has 3 aromatic rings. The van der Waals surface area contributed by atoms with Gasteiger partial charge in [-0.15, -0.1) is 0 Å². The van der Waals surface area contributed by atoms with E-state index in [-0.39, 0.29) is 27.9 Å². The van der Waals surface area contributed by atoms with Crippen molar-refractivity contribution in [3.63, 3.8) is 0 Å². The van der Waals surface area contributed by atoms with E-state index in [0.29, 0.717) is 24.4 Å². The van der Waals surface area contributed by atoms with Gasteiger partial charge in [0.2, 0.25) is 5.43 Å². The van der Waals surface area contributed by atoms with Crippen molar-refractivity contribution in [1.29, 1.82) is 5.26 Å². The number of imidazole rings is 1. The molecule has 31 heavy (non-hydrogen) atoms. The first-order valence-electron chi connectivity index (χ1n) is 10.5. The van der Waals surface area contributed by atoms with Gasteiger partial charge in [0.15, 0.2) is 11.6 Å². The molecule has 1 spiro atoms. The van der Waals surface area contributed by atoms with E-state index in [2.05, 4.69) is 10.3 Å². The number of nitrogen functional groups attached to an aromatic ring is 1. The SMILES string of the molecule is N#Cc1cn2c3c(c(NCCCn4ccnc4)c(F)c(N)c3c1=O)OCC21CCCC1. The molecule has 1 saturated carbocycles. The lowest BCUT2D eigenvalue weighted by Gasteiger charge is -2.39. The maximum absolute atomic E-state index is 15.3. The molecule has 0 atom stereocenters. The molecule has 2 aromatic heterocycles. The first kappa shape index (κ1) is 19.4. The largest absolute Gasteiger partial charge is 0.487 e. The Morgan fingerprint density at radius 3 is 2.90 bits per heavy atom. The molecule has 1 aliphatic heterocycles. The Morgan fingerprint density at radius 1 is 1.39 bits per heavy atom. The molecule has 9 heteroatoms. The minimum absolute atomic E-state index is 0.0289. The number of hydrogen-bond donors (Lipinski definition) is 2. The third-order valence-electron chi connectivity index (χ3n) is 6.48. The van der Waals surface area contributed by atoms with Crippen LogP contribution < -0.4 is 21.2 Å². The summed E-state index contributed by atoms with van der Waals surface area (Å²) in [5.41, 5.74) is 5.60. The van der Waals surface area contributed by atoms with Crippen LogP contribution in [0.25, 0.3) is 10.9 Å². The molecule has 0 bridgehead atoms. The number of rotatable bonds is 5. The minimum Gasteiger partial charge on any atom is -0.487 e. The van der Waals surface area contributed by atoms with Crippen LogP contribution in [0, 0.1) is 17.1 Å². The van der Waals surface area contributed by atoms with Gasteiger partial charge in [-0.1, -0.05) is 12.8 Å². The number of nitrogens with two attached hydrogens (primary N) is 1. The molecule has 0 unspecified atom stereocenters. The molecule has 3 heterocycles.